The maximum absolute atomic E-state index is 9.78. The highest BCUT2D eigenvalue weighted by Crippen LogP contribution is 2.17. The van der Waals surface area contributed by atoms with Gasteiger partial charge in [-0.15, -0.1) is 44.8 Å². The van der Waals surface area contributed by atoms with Crippen LogP contribution in [0, 0.1) is 0 Å². The number of rotatable bonds is 2. The fourth-order valence-electron chi connectivity index (χ4n) is 0. The summed E-state index contributed by atoms with van der Waals surface area (Å²) in [4.78, 5) is 19.9. The minimum Gasteiger partial charge on any atom is -0.527 e. The van der Waals surface area contributed by atoms with E-state index in [1.54, 1.807) is 13.1 Å². The van der Waals surface area contributed by atoms with Crippen LogP contribution < -0.4 is 0 Å². The Balaban J connectivity index is -0.0000000514. The predicted octanol–water partition coefficient (Wildman–Crippen LogP) is 3.84. The summed E-state index contributed by atoms with van der Waals surface area (Å²) in [5, 5.41) is 0. The van der Waals surface area contributed by atoms with Crippen molar-refractivity contribution in [2.24, 2.45) is 4.99 Å². The normalized spacial score (nSPS) is 7.57. The number of hydrogen-bond acceptors (Lipinski definition) is 6. The molecular weight excluding hydrogens is 400 g/mol. The zero-order valence-corrected chi connectivity index (χ0v) is 18.2. The first-order valence-corrected chi connectivity index (χ1v) is 13.1. The highest BCUT2D eigenvalue weighted by atomic mass is 35.8. The average molecular weight is 423 g/mol. The van der Waals surface area contributed by atoms with E-state index in [4.69, 9.17) is 49.6 Å². The third-order valence-electron chi connectivity index (χ3n) is 0.545. The van der Waals surface area contributed by atoms with Gasteiger partial charge in [0.25, 0.3) is 0 Å². The van der Waals surface area contributed by atoms with Gasteiger partial charge in [0.2, 0.25) is 6.08 Å². The molecule has 6 nitrogen and oxygen atoms in total. The summed E-state index contributed by atoms with van der Waals surface area (Å²) in [6, 6.07) is -2.19. The van der Waals surface area contributed by atoms with Crippen LogP contribution in [-0.4, -0.2) is 55.3 Å². The Morgan fingerprint density at radius 1 is 1.19 bits per heavy atom. The van der Waals surface area contributed by atoms with E-state index < -0.39 is 14.9 Å². The second-order valence-electron chi connectivity index (χ2n) is 2.39. The molecule has 0 aliphatic carbocycles. The van der Waals surface area contributed by atoms with E-state index in [9.17, 15) is 4.46 Å². The molecule has 0 heterocycles. The largest absolute Gasteiger partial charge is 0.527 e. The molecule has 0 atom stereocenters. The van der Waals surface area contributed by atoms with Crippen LogP contribution in [0.25, 0.3) is 0 Å². The van der Waals surface area contributed by atoms with E-state index in [-0.39, 0.29) is 0 Å². The van der Waals surface area contributed by atoms with Crippen molar-refractivity contribution in [3.05, 3.63) is 0 Å². The highest BCUT2D eigenvalue weighted by Gasteiger charge is 2.13. The van der Waals surface area contributed by atoms with E-state index in [0.29, 0.717) is 0 Å². The second-order valence-corrected chi connectivity index (χ2v) is 14.4. The van der Waals surface area contributed by atoms with Gasteiger partial charge in [0, 0.05) is 19.5 Å². The molecule has 0 unspecified atom stereocenters. The Labute approximate surface area is 148 Å². The Morgan fingerprint density at radius 2 is 1.33 bits per heavy atom. The molecule has 0 aromatic carbocycles. The molecule has 0 saturated carbocycles. The van der Waals surface area contributed by atoms with Gasteiger partial charge in [0.05, 0.1) is 21.3 Å². The van der Waals surface area contributed by atoms with Gasteiger partial charge in [0.15, 0.2) is 0 Å². The molecule has 0 fully saturated rings. The molecule has 0 aliphatic rings. The van der Waals surface area contributed by atoms with Crippen LogP contribution in [0.5, 0.6) is 0 Å². The van der Waals surface area contributed by atoms with Gasteiger partial charge in [-0.1, -0.05) is 6.92 Å². The number of carbonyl (C=O) groups excluding carboxylic acids is 1. The van der Waals surface area contributed by atoms with Crippen molar-refractivity contribution >= 4 is 65.8 Å². The molecule has 0 radical (unpaired) electrons. The first-order valence-electron chi connectivity index (χ1n) is 5.22. The number of aliphatic imine (C=N–C) groups is 1. The van der Waals surface area contributed by atoms with Gasteiger partial charge < -0.3 is 8.89 Å². The lowest BCUT2D eigenvalue weighted by atomic mass is 11.0. The molecule has 0 bridgehead atoms. The molecule has 0 amide bonds. The van der Waals surface area contributed by atoms with E-state index in [1.807, 2.05) is 6.92 Å². The van der Waals surface area contributed by atoms with Gasteiger partial charge in [-0.05, 0) is 6.55 Å². The van der Waals surface area contributed by atoms with Crippen molar-refractivity contribution < 1.29 is 23.5 Å². The molecule has 0 spiro atoms. The number of isocyanates is 1. The summed E-state index contributed by atoms with van der Waals surface area (Å²) in [7, 11) is 4.11. The van der Waals surface area contributed by atoms with Crippen LogP contribution in [0.15, 0.2) is 4.99 Å². The summed E-state index contributed by atoms with van der Waals surface area (Å²) >= 11 is 20.6. The number of nitrogens with zero attached hydrogens (tertiary/aromatic N) is 1. The van der Waals surface area contributed by atoms with Crippen molar-refractivity contribution in [3.8, 4) is 0 Å². The van der Waals surface area contributed by atoms with Crippen LogP contribution in [0.3, 0.4) is 0 Å². The quantitative estimate of drug-likeness (QED) is 0.128. The Kier molecular flexibility index (Phi) is 51.3. The van der Waals surface area contributed by atoms with E-state index in [2.05, 4.69) is 19.2 Å². The molecule has 0 aliphatic heterocycles. The fraction of sp³-hybridized carbons (Fsp3) is 0.889. The summed E-state index contributed by atoms with van der Waals surface area (Å²) in [5.74, 6) is 0.722. The van der Waals surface area contributed by atoms with Gasteiger partial charge in [-0.25, -0.2) is 19.6 Å². The molecule has 0 N–H and O–H groups in total. The van der Waals surface area contributed by atoms with Crippen molar-refractivity contribution in [2.75, 3.05) is 34.3 Å². The Bertz CT molecular complexity index is 231. The van der Waals surface area contributed by atoms with E-state index in [0.717, 1.165) is 5.88 Å². The van der Waals surface area contributed by atoms with Gasteiger partial charge >= 0.3 is 14.9 Å². The van der Waals surface area contributed by atoms with Crippen molar-refractivity contribution in [2.45, 2.75) is 20.0 Å². The molecule has 12 heteroatoms. The minimum absolute atomic E-state index is 0.722. The predicted molar refractivity (Wildman–Crippen MR) is 92.9 cm³/mol. The smallest absolute Gasteiger partial charge is 0.498 e. The third kappa shape index (κ3) is 347. The fourth-order valence-corrected chi connectivity index (χ4v) is 0. The first-order chi connectivity index (χ1) is 9.51. The summed E-state index contributed by atoms with van der Waals surface area (Å²) in [5.41, 5.74) is 0. The Morgan fingerprint density at radius 3 is 1.33 bits per heavy atom. The van der Waals surface area contributed by atoms with Crippen molar-refractivity contribution in [1.29, 1.82) is 0 Å². The average Bonchev–Trinajstić information content (AvgIpc) is 2.38. The lowest BCUT2D eigenvalue weighted by Crippen LogP contribution is -1.97. The lowest BCUT2D eigenvalue weighted by molar-refractivity contribution is -0.248. The summed E-state index contributed by atoms with van der Waals surface area (Å²) in [6.45, 7) is 5.06. The molecule has 0 rings (SSSR count). The SMILES string of the molecule is CCCl.CN=C=O.COOC.CO[Si](C)=O.C[Si](Cl)(Cl)Cl. The maximum atomic E-state index is 9.78. The maximum Gasteiger partial charge on any atom is 0.498 e. The zero-order chi connectivity index (χ0) is 18.3. The van der Waals surface area contributed by atoms with Crippen LogP contribution in [-0.2, 0) is 23.5 Å². The van der Waals surface area contributed by atoms with Crippen LogP contribution in [0.2, 0.25) is 13.1 Å². The zero-order valence-electron chi connectivity index (χ0n) is 13.2. The molecule has 0 aromatic rings. The first kappa shape index (κ1) is 33.2. The van der Waals surface area contributed by atoms with Gasteiger partial charge in [-0.3, -0.25) is 0 Å². The van der Waals surface area contributed by atoms with E-state index in [1.165, 1.54) is 34.5 Å². The van der Waals surface area contributed by atoms with Crippen LogP contribution >= 0.6 is 44.8 Å². The molecule has 0 saturated heterocycles. The van der Waals surface area contributed by atoms with Gasteiger partial charge in [0.1, 0.15) is 0 Å². The number of halogens is 4. The topological polar surface area (TPSA) is 74.2 Å². The monoisotopic (exact) mass is 421 g/mol. The van der Waals surface area contributed by atoms with Crippen LogP contribution in [0.1, 0.15) is 6.92 Å². The number of alkyl halides is 1. The molecule has 130 valence electrons. The minimum atomic E-state index is -2.19. The van der Waals surface area contributed by atoms with Crippen molar-refractivity contribution in [1.82, 2.24) is 0 Å². The summed E-state index contributed by atoms with van der Waals surface area (Å²) < 4.78 is 14.1. The Hall–Kier alpha value is 0.494. The van der Waals surface area contributed by atoms with Gasteiger partial charge in [-0.2, -0.15) is 0 Å². The lowest BCUT2D eigenvalue weighted by Gasteiger charge is -1.89. The molecular formula is C9H23Cl4NO5Si2. The van der Waals surface area contributed by atoms with Crippen molar-refractivity contribution in [3.63, 3.8) is 0 Å². The number of hydrogen-bond donors (Lipinski definition) is 0. The second kappa shape index (κ2) is 32.4. The third-order valence-corrected chi connectivity index (χ3v) is 1.12. The summed E-state index contributed by atoms with van der Waals surface area (Å²) in [6.07, 6.45) is 1.31. The van der Waals surface area contributed by atoms with E-state index >= 15 is 0 Å². The molecule has 21 heavy (non-hydrogen) atoms. The highest BCUT2D eigenvalue weighted by molar-refractivity contribution is 7.64. The molecule has 0 aromatic heterocycles. The standard InChI is InChI=1S/C2H5Cl.C2H3NO.C2H6O2Si.C2H6O2.CH3Cl3Si/c1-2-3;1-3-2-4;1-4-5(2)3;1-3-4-2;1-5(2,3)4/h2H2,1H3;1H3;1-2H3;1-2H3;1H3. The van der Waals surface area contributed by atoms with Crippen LogP contribution in [0.4, 0.5) is 0 Å².